The molecular weight excluding hydrogens is 646 g/mol. The Kier molecular flexibility index (Phi) is 10.0. The predicted molar refractivity (Wildman–Crippen MR) is 177 cm³/mol. The third-order valence-corrected chi connectivity index (χ3v) is 11.3. The fraction of sp³-hybridized carbons (Fsp3) is 0.541. The van der Waals surface area contributed by atoms with Crippen LogP contribution in [0.25, 0.3) is 0 Å². The van der Waals surface area contributed by atoms with Crippen LogP contribution in [0.5, 0.6) is 0 Å². The van der Waals surface area contributed by atoms with Gasteiger partial charge in [-0.25, -0.2) is 14.4 Å². The van der Waals surface area contributed by atoms with E-state index in [-0.39, 0.29) is 36.6 Å². The number of nitrogens with one attached hydrogen (secondary N) is 2. The summed E-state index contributed by atoms with van der Waals surface area (Å²) in [5.41, 5.74) is 0.120. The Labute approximate surface area is 290 Å². The molecule has 2 aromatic rings. The van der Waals surface area contributed by atoms with E-state index in [9.17, 15) is 29.4 Å². The van der Waals surface area contributed by atoms with Gasteiger partial charge in [0.15, 0.2) is 6.10 Å². The van der Waals surface area contributed by atoms with Crippen LogP contribution in [0.1, 0.15) is 50.2 Å². The molecule has 13 atom stereocenters. The number of rotatable bonds is 7. The number of methoxy groups -OCH3 is 1. The van der Waals surface area contributed by atoms with Crippen molar-refractivity contribution in [1.82, 2.24) is 15.3 Å². The number of amides is 1. The Balaban J connectivity index is 1.24. The smallest absolute Gasteiger partial charge is 0.397 e. The van der Waals surface area contributed by atoms with Gasteiger partial charge in [-0.1, -0.05) is 38.1 Å². The van der Waals surface area contributed by atoms with Crippen LogP contribution in [0.4, 0.5) is 0 Å². The fourth-order valence-electron chi connectivity index (χ4n) is 8.78. The van der Waals surface area contributed by atoms with Gasteiger partial charge in [-0.3, -0.25) is 9.78 Å². The standard InChI is InChI=1S/C37H45N3O10/c1-18-14-19(2)37(46)23(10-11-24-27-28(29(24)37)30(41)20(3)32(27)50-34(43)25-9-7-13-39-25)15-26(47-5)35(44)49-31(18)21(4)48-36(45)33(42)40-17-22-8-6-12-38-16-22/h6-14,16,18,20-21,23-24,26-32,39,41,46H,15,17H2,1-5H3,(H,40,42)/b19-14+/t18-,20-,21-,23-,24?,26+,27+,28?,29?,30-,31?,32-,37+/m1/s1. The number of ether oxygens (including phenoxy) is 4. The average Bonchev–Trinajstić information content (AvgIpc) is 3.70. The number of hydrogen-bond acceptors (Lipinski definition) is 11. The number of aliphatic hydroxyl groups excluding tert-OH is 1. The Hall–Kier alpha value is -4.33. The molecule has 1 amide bonds. The van der Waals surface area contributed by atoms with Crippen LogP contribution in [0.3, 0.4) is 0 Å². The molecule has 2 fully saturated rings. The zero-order chi connectivity index (χ0) is 35.9. The van der Waals surface area contributed by atoms with Gasteiger partial charge in [-0.05, 0) is 61.4 Å². The topological polar surface area (TPSA) is 186 Å². The molecule has 50 heavy (non-hydrogen) atoms. The van der Waals surface area contributed by atoms with Gasteiger partial charge in [0.25, 0.3) is 0 Å². The zero-order valence-electron chi connectivity index (χ0n) is 28.7. The van der Waals surface area contributed by atoms with Crippen molar-refractivity contribution < 1.29 is 48.3 Å². The number of carbonyl (C=O) groups excluding carboxylic acids is 4. The Morgan fingerprint density at radius 3 is 2.64 bits per heavy atom. The van der Waals surface area contributed by atoms with Gasteiger partial charge in [0, 0.05) is 61.8 Å². The van der Waals surface area contributed by atoms with Crippen LogP contribution in [0.2, 0.25) is 0 Å². The molecule has 0 bridgehead atoms. The molecule has 13 heteroatoms. The van der Waals surface area contributed by atoms with E-state index in [4.69, 9.17) is 18.9 Å². The maximum Gasteiger partial charge on any atom is 0.397 e. The second kappa shape index (κ2) is 14.1. The molecule has 1 aliphatic heterocycles. The molecule has 4 N–H and O–H groups in total. The van der Waals surface area contributed by atoms with Gasteiger partial charge in [0.1, 0.15) is 24.0 Å². The van der Waals surface area contributed by atoms with Crippen molar-refractivity contribution in [3.05, 3.63) is 77.9 Å². The van der Waals surface area contributed by atoms with Crippen LogP contribution < -0.4 is 5.32 Å². The number of cyclic esters (lactones) is 1. The minimum absolute atomic E-state index is 0.0735. The number of aliphatic hydroxyl groups is 2. The normalized spacial score (nSPS) is 37.7. The summed E-state index contributed by atoms with van der Waals surface area (Å²) in [6.45, 7) is 7.05. The summed E-state index contributed by atoms with van der Waals surface area (Å²) in [4.78, 5) is 58.7. The summed E-state index contributed by atoms with van der Waals surface area (Å²) in [6.07, 6.45) is 6.03. The summed E-state index contributed by atoms with van der Waals surface area (Å²) >= 11 is 0. The predicted octanol–water partition coefficient (Wildman–Crippen LogP) is 2.50. The van der Waals surface area contributed by atoms with Gasteiger partial charge in [-0.15, -0.1) is 0 Å². The van der Waals surface area contributed by atoms with Crippen molar-refractivity contribution in [3.8, 4) is 0 Å². The van der Waals surface area contributed by atoms with E-state index < -0.39 is 77.7 Å². The third-order valence-electron chi connectivity index (χ3n) is 11.3. The molecule has 0 spiro atoms. The van der Waals surface area contributed by atoms with Gasteiger partial charge in [0.2, 0.25) is 0 Å². The number of carbonyl (C=O) groups is 4. The molecule has 2 saturated carbocycles. The molecule has 3 heterocycles. The first-order valence-electron chi connectivity index (χ1n) is 17.1. The number of allylic oxidation sites excluding steroid dienone is 1. The number of fused-ring (bicyclic) bond motifs is 6. The Morgan fingerprint density at radius 2 is 1.96 bits per heavy atom. The first kappa shape index (κ1) is 35.5. The maximum absolute atomic E-state index is 13.6. The number of esters is 3. The van der Waals surface area contributed by atoms with Crippen LogP contribution in [-0.4, -0.2) is 87.2 Å². The minimum Gasteiger partial charge on any atom is -0.457 e. The van der Waals surface area contributed by atoms with Gasteiger partial charge in [-0.2, -0.15) is 0 Å². The van der Waals surface area contributed by atoms with Crippen LogP contribution in [0, 0.1) is 41.4 Å². The van der Waals surface area contributed by atoms with Crippen LogP contribution >= 0.6 is 0 Å². The summed E-state index contributed by atoms with van der Waals surface area (Å²) in [6, 6.07) is 6.80. The lowest BCUT2D eigenvalue weighted by Crippen LogP contribution is -2.65. The number of nitrogens with zero attached hydrogens (tertiary/aromatic N) is 1. The zero-order valence-corrected chi connectivity index (χ0v) is 28.7. The molecule has 2 aromatic heterocycles. The van der Waals surface area contributed by atoms with E-state index in [2.05, 4.69) is 15.3 Å². The van der Waals surface area contributed by atoms with E-state index in [1.807, 2.05) is 32.1 Å². The summed E-state index contributed by atoms with van der Waals surface area (Å²) in [5.74, 6) is -6.08. The second-order valence-corrected chi connectivity index (χ2v) is 14.1. The highest BCUT2D eigenvalue weighted by atomic mass is 16.6. The van der Waals surface area contributed by atoms with Crippen molar-refractivity contribution >= 4 is 23.8 Å². The molecule has 0 radical (unpaired) electrons. The van der Waals surface area contributed by atoms with Crippen molar-refractivity contribution in [2.45, 2.75) is 76.8 Å². The van der Waals surface area contributed by atoms with Crippen molar-refractivity contribution in [2.24, 2.45) is 41.4 Å². The lowest BCUT2D eigenvalue weighted by molar-refractivity contribution is -0.189. The second-order valence-electron chi connectivity index (χ2n) is 14.1. The molecule has 4 unspecified atom stereocenters. The number of pyridine rings is 1. The number of hydrogen-bond donors (Lipinski definition) is 4. The molecule has 268 valence electrons. The van der Waals surface area contributed by atoms with E-state index in [0.29, 0.717) is 16.8 Å². The van der Waals surface area contributed by atoms with Crippen molar-refractivity contribution in [1.29, 1.82) is 0 Å². The molecule has 0 aromatic carbocycles. The highest BCUT2D eigenvalue weighted by Gasteiger charge is 2.71. The number of aromatic amines is 1. The molecule has 13 nitrogen and oxygen atoms in total. The SMILES string of the molecule is CO[C@H]1C[C@H]2C=CC3C(C4[C@H]3[C@H](OC(=O)c3ccc[nH]3)[C@H](C)[C@H]4O)[C@]2(O)/C(C)=C/[C@@H](C)C([C@@H](C)OC(=O)C(=O)NCc2cccnc2)OC1=O. The first-order chi connectivity index (χ1) is 23.9. The summed E-state index contributed by atoms with van der Waals surface area (Å²) in [5, 5.41) is 26.9. The highest BCUT2D eigenvalue weighted by Crippen LogP contribution is 2.66. The monoisotopic (exact) mass is 691 g/mol. The van der Waals surface area contributed by atoms with E-state index >= 15 is 0 Å². The Morgan fingerprint density at radius 1 is 1.18 bits per heavy atom. The molecule has 0 saturated heterocycles. The number of H-pyrrole nitrogens is 1. The lowest BCUT2D eigenvalue weighted by Gasteiger charge is -2.61. The van der Waals surface area contributed by atoms with Gasteiger partial charge < -0.3 is 39.5 Å². The van der Waals surface area contributed by atoms with Gasteiger partial charge >= 0.3 is 23.8 Å². The van der Waals surface area contributed by atoms with Gasteiger partial charge in [0.05, 0.1) is 11.7 Å². The Bertz CT molecular complexity index is 1640. The van der Waals surface area contributed by atoms with E-state index in [1.54, 1.807) is 49.8 Å². The maximum atomic E-state index is 13.6. The van der Waals surface area contributed by atoms with Crippen LogP contribution in [-0.2, 0) is 39.9 Å². The van der Waals surface area contributed by atoms with Crippen molar-refractivity contribution in [3.63, 3.8) is 0 Å². The highest BCUT2D eigenvalue weighted by molar-refractivity contribution is 6.32. The molecule has 3 aliphatic carbocycles. The quantitative estimate of drug-likeness (QED) is 0.145. The molecule has 4 aliphatic rings. The largest absolute Gasteiger partial charge is 0.457 e. The molecular formula is C37H45N3O10. The number of aromatic nitrogens is 2. The lowest BCUT2D eigenvalue weighted by atomic mass is 9.46. The van der Waals surface area contributed by atoms with E-state index in [0.717, 1.165) is 0 Å². The fourth-order valence-corrected chi connectivity index (χ4v) is 8.78. The first-order valence-corrected chi connectivity index (χ1v) is 17.1. The summed E-state index contributed by atoms with van der Waals surface area (Å²) in [7, 11) is 1.38. The van der Waals surface area contributed by atoms with E-state index in [1.165, 1.54) is 14.0 Å². The average molecular weight is 692 g/mol. The van der Waals surface area contributed by atoms with Crippen molar-refractivity contribution in [2.75, 3.05) is 7.11 Å². The third kappa shape index (κ3) is 6.26. The summed E-state index contributed by atoms with van der Waals surface area (Å²) < 4.78 is 23.0. The minimum atomic E-state index is -1.50. The molecule has 6 rings (SSSR count). The van der Waals surface area contributed by atoms with Crippen LogP contribution in [0.15, 0.2) is 66.7 Å².